The van der Waals surface area contributed by atoms with Gasteiger partial charge in [0.2, 0.25) is 0 Å². The van der Waals surface area contributed by atoms with Gasteiger partial charge in [0, 0.05) is 17.8 Å². The van der Waals surface area contributed by atoms with Crippen LogP contribution in [0.2, 0.25) is 0 Å². The van der Waals surface area contributed by atoms with Crippen LogP contribution in [-0.4, -0.2) is 55.8 Å². The standard InChI is InChI=1S/C29H45N7/c1-7-22(8-2)36-29-26(21(6)34-36)33-27(24(9-3)32-29)23-14-15-25(20(4)5)31-28(23)30-16-13-19-35-17-11-10-12-18-35/h14-15,20,22H,7-13,16-19H2,1-6H3,(H,30,31). The average molecular weight is 492 g/mol. The maximum Gasteiger partial charge on any atom is 0.177 e. The molecule has 0 atom stereocenters. The zero-order chi connectivity index (χ0) is 25.7. The minimum atomic E-state index is 0.343. The summed E-state index contributed by atoms with van der Waals surface area (Å²) in [4.78, 5) is 18.0. The molecule has 3 aromatic rings. The number of rotatable bonds is 11. The molecule has 0 unspecified atom stereocenters. The highest BCUT2D eigenvalue weighted by Gasteiger charge is 2.21. The van der Waals surface area contributed by atoms with Crippen molar-refractivity contribution in [2.45, 2.75) is 98.4 Å². The Bertz CT molecular complexity index is 1140. The van der Waals surface area contributed by atoms with Crippen LogP contribution in [0.15, 0.2) is 12.1 Å². The van der Waals surface area contributed by atoms with Crippen LogP contribution < -0.4 is 5.32 Å². The summed E-state index contributed by atoms with van der Waals surface area (Å²) >= 11 is 0. The molecular weight excluding hydrogens is 446 g/mol. The summed E-state index contributed by atoms with van der Waals surface area (Å²) in [6.45, 7) is 17.6. The number of nitrogens with zero attached hydrogens (tertiary/aromatic N) is 6. The van der Waals surface area contributed by atoms with E-state index in [1.165, 1.54) is 32.4 Å². The largest absolute Gasteiger partial charge is 0.369 e. The lowest BCUT2D eigenvalue weighted by Crippen LogP contribution is -2.31. The number of pyridine rings is 1. The molecule has 4 rings (SSSR count). The van der Waals surface area contributed by atoms with Crippen LogP contribution in [-0.2, 0) is 6.42 Å². The number of likely N-dealkylation sites (tertiary alicyclic amines) is 1. The second-order valence-electron chi connectivity index (χ2n) is 10.5. The van der Waals surface area contributed by atoms with Crippen molar-refractivity contribution in [3.05, 3.63) is 29.2 Å². The molecule has 1 aliphatic heterocycles. The van der Waals surface area contributed by atoms with Gasteiger partial charge in [0.05, 0.1) is 23.1 Å². The minimum Gasteiger partial charge on any atom is -0.369 e. The number of fused-ring (bicyclic) bond motifs is 1. The van der Waals surface area contributed by atoms with Gasteiger partial charge in [0.15, 0.2) is 5.65 Å². The Morgan fingerprint density at radius 3 is 2.39 bits per heavy atom. The molecule has 0 radical (unpaired) electrons. The molecule has 7 heteroatoms. The number of piperidine rings is 1. The Labute approximate surface area is 217 Å². The molecule has 0 saturated carbocycles. The fourth-order valence-corrected chi connectivity index (χ4v) is 5.28. The Kier molecular flexibility index (Phi) is 8.94. The molecule has 1 saturated heterocycles. The average Bonchev–Trinajstić information content (AvgIpc) is 3.22. The molecule has 196 valence electrons. The molecular formula is C29H45N7. The van der Waals surface area contributed by atoms with Gasteiger partial charge in [-0.2, -0.15) is 5.10 Å². The van der Waals surface area contributed by atoms with Crippen molar-refractivity contribution >= 4 is 17.0 Å². The highest BCUT2D eigenvalue weighted by Crippen LogP contribution is 2.32. The smallest absolute Gasteiger partial charge is 0.177 e. The fourth-order valence-electron chi connectivity index (χ4n) is 5.28. The van der Waals surface area contributed by atoms with E-state index in [4.69, 9.17) is 20.1 Å². The lowest BCUT2D eigenvalue weighted by atomic mass is 10.0. The summed E-state index contributed by atoms with van der Waals surface area (Å²) in [7, 11) is 0. The van der Waals surface area contributed by atoms with E-state index < -0.39 is 0 Å². The summed E-state index contributed by atoms with van der Waals surface area (Å²) in [5, 5.41) is 8.54. The van der Waals surface area contributed by atoms with Crippen LogP contribution >= 0.6 is 0 Å². The summed E-state index contributed by atoms with van der Waals surface area (Å²) in [5.41, 5.74) is 6.82. The Hall–Kier alpha value is -2.54. The zero-order valence-electron chi connectivity index (χ0n) is 23.3. The Balaban J connectivity index is 1.67. The zero-order valence-corrected chi connectivity index (χ0v) is 23.3. The normalized spacial score (nSPS) is 14.9. The number of hydrogen-bond acceptors (Lipinski definition) is 6. The summed E-state index contributed by atoms with van der Waals surface area (Å²) < 4.78 is 2.10. The van der Waals surface area contributed by atoms with Crippen molar-refractivity contribution in [1.82, 2.24) is 29.6 Å². The van der Waals surface area contributed by atoms with Crippen molar-refractivity contribution < 1.29 is 0 Å². The molecule has 3 aromatic heterocycles. The van der Waals surface area contributed by atoms with Gasteiger partial charge in [-0.3, -0.25) is 0 Å². The van der Waals surface area contributed by atoms with Gasteiger partial charge in [-0.05, 0) is 83.1 Å². The van der Waals surface area contributed by atoms with Gasteiger partial charge in [-0.1, -0.05) is 41.0 Å². The lowest BCUT2D eigenvalue weighted by molar-refractivity contribution is 0.228. The van der Waals surface area contributed by atoms with Crippen LogP contribution in [0, 0.1) is 6.92 Å². The van der Waals surface area contributed by atoms with E-state index in [2.05, 4.69) is 61.6 Å². The number of nitrogens with one attached hydrogen (secondary N) is 1. The topological polar surface area (TPSA) is 71.8 Å². The first-order valence-electron chi connectivity index (χ1n) is 14.2. The summed E-state index contributed by atoms with van der Waals surface area (Å²) in [6, 6.07) is 4.67. The number of anilines is 1. The van der Waals surface area contributed by atoms with Crippen molar-refractivity contribution in [3.63, 3.8) is 0 Å². The minimum absolute atomic E-state index is 0.343. The van der Waals surface area contributed by atoms with E-state index in [-0.39, 0.29) is 0 Å². The highest BCUT2D eigenvalue weighted by molar-refractivity contribution is 5.81. The van der Waals surface area contributed by atoms with E-state index in [1.807, 2.05) is 6.92 Å². The lowest BCUT2D eigenvalue weighted by Gasteiger charge is -2.26. The molecule has 4 heterocycles. The van der Waals surface area contributed by atoms with E-state index in [0.717, 1.165) is 84.1 Å². The van der Waals surface area contributed by atoms with Gasteiger partial charge in [-0.25, -0.2) is 19.6 Å². The predicted molar refractivity (Wildman–Crippen MR) is 150 cm³/mol. The predicted octanol–water partition coefficient (Wildman–Crippen LogP) is 6.53. The maximum absolute atomic E-state index is 5.19. The third-order valence-corrected chi connectivity index (χ3v) is 7.55. The molecule has 1 fully saturated rings. The van der Waals surface area contributed by atoms with Crippen LogP contribution in [0.25, 0.3) is 22.4 Å². The third-order valence-electron chi connectivity index (χ3n) is 7.55. The van der Waals surface area contributed by atoms with Crippen molar-refractivity contribution in [3.8, 4) is 11.3 Å². The summed E-state index contributed by atoms with van der Waals surface area (Å²) in [6.07, 6.45) is 8.04. The van der Waals surface area contributed by atoms with E-state index in [1.54, 1.807) is 0 Å². The van der Waals surface area contributed by atoms with Gasteiger partial charge >= 0.3 is 0 Å². The van der Waals surface area contributed by atoms with Crippen LogP contribution in [0.5, 0.6) is 0 Å². The quantitative estimate of drug-likeness (QED) is 0.307. The first-order chi connectivity index (χ1) is 17.5. The number of aromatic nitrogens is 5. The first kappa shape index (κ1) is 26.5. The second-order valence-corrected chi connectivity index (χ2v) is 10.5. The monoisotopic (exact) mass is 491 g/mol. The van der Waals surface area contributed by atoms with Gasteiger partial charge < -0.3 is 10.2 Å². The molecule has 36 heavy (non-hydrogen) atoms. The third kappa shape index (κ3) is 5.72. The van der Waals surface area contributed by atoms with Gasteiger partial charge in [-0.15, -0.1) is 0 Å². The van der Waals surface area contributed by atoms with Crippen molar-refractivity contribution in [1.29, 1.82) is 0 Å². The van der Waals surface area contributed by atoms with Crippen LogP contribution in [0.1, 0.15) is 102 Å². The highest BCUT2D eigenvalue weighted by atomic mass is 15.3. The van der Waals surface area contributed by atoms with Crippen molar-refractivity contribution in [2.24, 2.45) is 0 Å². The SMILES string of the molecule is CCc1nc2c(nc1-c1ccc(C(C)C)nc1NCCCN1CCCCC1)c(C)nn2C(CC)CC. The summed E-state index contributed by atoms with van der Waals surface area (Å²) in [5.74, 6) is 1.29. The molecule has 0 spiro atoms. The molecule has 0 aliphatic carbocycles. The molecule has 7 nitrogen and oxygen atoms in total. The molecule has 0 aromatic carbocycles. The number of hydrogen-bond donors (Lipinski definition) is 1. The van der Waals surface area contributed by atoms with Gasteiger partial charge in [0.25, 0.3) is 0 Å². The van der Waals surface area contributed by atoms with Crippen LogP contribution in [0.3, 0.4) is 0 Å². The van der Waals surface area contributed by atoms with Crippen molar-refractivity contribution in [2.75, 3.05) is 31.5 Å². The van der Waals surface area contributed by atoms with Crippen LogP contribution in [0.4, 0.5) is 5.82 Å². The molecule has 1 aliphatic rings. The molecule has 0 amide bonds. The van der Waals surface area contributed by atoms with Gasteiger partial charge in [0.1, 0.15) is 11.3 Å². The van der Waals surface area contributed by atoms with E-state index in [9.17, 15) is 0 Å². The van der Waals surface area contributed by atoms with E-state index >= 15 is 0 Å². The second kappa shape index (κ2) is 12.1. The molecule has 0 bridgehead atoms. The van der Waals surface area contributed by atoms with E-state index in [0.29, 0.717) is 12.0 Å². The Morgan fingerprint density at radius 2 is 1.72 bits per heavy atom. The number of aryl methyl sites for hydroxylation is 2. The molecule has 1 N–H and O–H groups in total. The fraction of sp³-hybridized carbons (Fsp3) is 0.655. The Morgan fingerprint density at radius 1 is 0.972 bits per heavy atom. The maximum atomic E-state index is 5.19. The first-order valence-corrected chi connectivity index (χ1v) is 14.2.